The van der Waals surface area contributed by atoms with Gasteiger partial charge in [0.2, 0.25) is 0 Å². The van der Waals surface area contributed by atoms with Gasteiger partial charge in [0.25, 0.3) is 0 Å². The van der Waals surface area contributed by atoms with Crippen LogP contribution in [0.25, 0.3) is 0 Å². The monoisotopic (exact) mass is 200 g/mol. The highest BCUT2D eigenvalue weighted by atomic mass is 16.5. The van der Waals surface area contributed by atoms with Gasteiger partial charge in [0.15, 0.2) is 0 Å². The Hall–Kier alpha value is -0.860. The minimum Gasteiger partial charge on any atom is -0.468 e. The molecule has 0 saturated carbocycles. The van der Waals surface area contributed by atoms with Gasteiger partial charge in [-0.05, 0) is 18.8 Å². The van der Waals surface area contributed by atoms with Crippen molar-refractivity contribution in [1.29, 1.82) is 0 Å². The van der Waals surface area contributed by atoms with E-state index >= 15 is 0 Å². The van der Waals surface area contributed by atoms with Crippen LogP contribution in [0.5, 0.6) is 0 Å². The maximum Gasteiger partial charge on any atom is 0.316 e. The van der Waals surface area contributed by atoms with Crippen molar-refractivity contribution in [3.63, 3.8) is 0 Å². The van der Waals surface area contributed by atoms with Crippen molar-refractivity contribution in [2.45, 2.75) is 40.0 Å². The highest BCUT2D eigenvalue weighted by Crippen LogP contribution is 2.13. The lowest BCUT2D eigenvalue weighted by Crippen LogP contribution is -2.24. The van der Waals surface area contributed by atoms with Crippen molar-refractivity contribution in [3.8, 4) is 0 Å². The quantitative estimate of drug-likeness (QED) is 0.487. The summed E-state index contributed by atoms with van der Waals surface area (Å²) in [5, 5.41) is 0. The van der Waals surface area contributed by atoms with Crippen LogP contribution in [0.2, 0.25) is 0 Å². The summed E-state index contributed by atoms with van der Waals surface area (Å²) >= 11 is 0. The van der Waals surface area contributed by atoms with E-state index in [1.807, 2.05) is 6.92 Å². The first-order valence-corrected chi connectivity index (χ1v) is 5.13. The van der Waals surface area contributed by atoms with Gasteiger partial charge >= 0.3 is 5.97 Å². The molecule has 82 valence electrons. The Bertz CT molecular complexity index is 197. The average molecular weight is 200 g/mol. The van der Waals surface area contributed by atoms with Gasteiger partial charge in [0, 0.05) is 6.42 Å². The minimum absolute atomic E-state index is 0.00745. The van der Waals surface area contributed by atoms with E-state index in [1.54, 1.807) is 0 Å². The number of ether oxygens (including phenoxy) is 1. The van der Waals surface area contributed by atoms with Crippen LogP contribution in [0.15, 0.2) is 0 Å². The lowest BCUT2D eigenvalue weighted by atomic mass is 9.95. The second kappa shape index (κ2) is 6.57. The van der Waals surface area contributed by atoms with Crippen LogP contribution < -0.4 is 0 Å². The second-order valence-electron chi connectivity index (χ2n) is 3.88. The molecule has 1 atom stereocenters. The highest BCUT2D eigenvalue weighted by Gasteiger charge is 2.24. The van der Waals surface area contributed by atoms with Gasteiger partial charge in [-0.3, -0.25) is 9.59 Å². The summed E-state index contributed by atoms with van der Waals surface area (Å²) in [6.45, 7) is 5.95. The molecule has 0 rings (SSSR count). The molecule has 0 saturated heterocycles. The molecule has 1 unspecified atom stereocenters. The standard InChI is InChI=1S/C11H20O3/c1-5-9(11(13)14-4)10(12)7-6-8(2)3/h8-9H,5-7H2,1-4H3. The fourth-order valence-corrected chi connectivity index (χ4v) is 1.27. The van der Waals surface area contributed by atoms with Gasteiger partial charge in [-0.15, -0.1) is 0 Å². The first-order valence-electron chi connectivity index (χ1n) is 5.13. The lowest BCUT2D eigenvalue weighted by Gasteiger charge is -2.11. The molecule has 0 aromatic carbocycles. The molecule has 0 fully saturated rings. The van der Waals surface area contributed by atoms with E-state index in [1.165, 1.54) is 7.11 Å². The van der Waals surface area contributed by atoms with E-state index < -0.39 is 11.9 Å². The summed E-state index contributed by atoms with van der Waals surface area (Å²) in [6, 6.07) is 0. The minimum atomic E-state index is -0.557. The van der Waals surface area contributed by atoms with Gasteiger partial charge in [0.05, 0.1) is 7.11 Å². The van der Waals surface area contributed by atoms with Gasteiger partial charge in [-0.2, -0.15) is 0 Å². The molecule has 0 bridgehead atoms. The number of Topliss-reactive ketones (excluding diaryl/α,β-unsaturated/α-hetero) is 1. The molecule has 0 aromatic rings. The summed E-state index contributed by atoms with van der Waals surface area (Å²) in [4.78, 5) is 22.8. The molecule has 0 aliphatic rings. The van der Waals surface area contributed by atoms with Crippen LogP contribution in [0, 0.1) is 11.8 Å². The van der Waals surface area contributed by atoms with E-state index in [9.17, 15) is 9.59 Å². The molecule has 3 heteroatoms. The maximum atomic E-state index is 11.6. The van der Waals surface area contributed by atoms with Crippen molar-refractivity contribution in [2.24, 2.45) is 11.8 Å². The van der Waals surface area contributed by atoms with Crippen molar-refractivity contribution >= 4 is 11.8 Å². The van der Waals surface area contributed by atoms with Gasteiger partial charge in [-0.1, -0.05) is 20.8 Å². The number of carbonyl (C=O) groups is 2. The summed E-state index contributed by atoms with van der Waals surface area (Å²) in [5.74, 6) is -0.456. The van der Waals surface area contributed by atoms with Crippen molar-refractivity contribution in [1.82, 2.24) is 0 Å². The first-order chi connectivity index (χ1) is 6.52. The normalized spacial score (nSPS) is 12.6. The molecule has 0 amide bonds. The summed E-state index contributed by atoms with van der Waals surface area (Å²) in [7, 11) is 1.32. The Balaban J connectivity index is 4.11. The fourth-order valence-electron chi connectivity index (χ4n) is 1.27. The number of methoxy groups -OCH3 is 1. The molecule has 0 aromatic heterocycles. The summed E-state index contributed by atoms with van der Waals surface area (Å²) in [6.07, 6.45) is 1.85. The van der Waals surface area contributed by atoms with Crippen molar-refractivity contribution in [3.05, 3.63) is 0 Å². The Morgan fingerprint density at radius 2 is 1.86 bits per heavy atom. The van der Waals surface area contributed by atoms with Gasteiger partial charge in [0.1, 0.15) is 11.7 Å². The molecular formula is C11H20O3. The van der Waals surface area contributed by atoms with E-state index in [-0.39, 0.29) is 5.78 Å². The smallest absolute Gasteiger partial charge is 0.316 e. The molecule has 0 N–H and O–H groups in total. The van der Waals surface area contributed by atoms with E-state index in [0.29, 0.717) is 18.8 Å². The predicted octanol–water partition coefficient (Wildman–Crippen LogP) is 2.19. The van der Waals surface area contributed by atoms with Crippen LogP contribution in [0.3, 0.4) is 0 Å². The molecule has 0 aliphatic carbocycles. The topological polar surface area (TPSA) is 43.4 Å². The summed E-state index contributed by atoms with van der Waals surface area (Å²) < 4.78 is 4.57. The number of rotatable bonds is 6. The largest absolute Gasteiger partial charge is 0.468 e. The van der Waals surface area contributed by atoms with Crippen LogP contribution >= 0.6 is 0 Å². The molecule has 14 heavy (non-hydrogen) atoms. The fraction of sp³-hybridized carbons (Fsp3) is 0.818. The zero-order valence-corrected chi connectivity index (χ0v) is 9.50. The lowest BCUT2D eigenvalue weighted by molar-refractivity contribution is -0.149. The second-order valence-corrected chi connectivity index (χ2v) is 3.88. The zero-order chi connectivity index (χ0) is 11.1. The number of hydrogen-bond donors (Lipinski definition) is 0. The van der Waals surface area contributed by atoms with Crippen LogP contribution in [0.1, 0.15) is 40.0 Å². The summed E-state index contributed by atoms with van der Waals surface area (Å²) in [5.41, 5.74) is 0. The SMILES string of the molecule is CCC(C(=O)CCC(C)C)C(=O)OC. The number of hydrogen-bond acceptors (Lipinski definition) is 3. The third-order valence-corrected chi connectivity index (χ3v) is 2.25. The third-order valence-electron chi connectivity index (χ3n) is 2.25. The van der Waals surface area contributed by atoms with Crippen LogP contribution in [-0.2, 0) is 14.3 Å². The van der Waals surface area contributed by atoms with E-state index in [4.69, 9.17) is 0 Å². The maximum absolute atomic E-state index is 11.6. The number of ketones is 1. The molecule has 0 spiro atoms. The number of esters is 1. The van der Waals surface area contributed by atoms with Crippen LogP contribution in [-0.4, -0.2) is 18.9 Å². The number of carbonyl (C=O) groups excluding carboxylic acids is 2. The predicted molar refractivity (Wildman–Crippen MR) is 54.9 cm³/mol. The Labute approximate surface area is 85.8 Å². The van der Waals surface area contributed by atoms with E-state index in [0.717, 1.165) is 6.42 Å². The zero-order valence-electron chi connectivity index (χ0n) is 9.50. The van der Waals surface area contributed by atoms with Gasteiger partial charge < -0.3 is 4.74 Å². The average Bonchev–Trinajstić information content (AvgIpc) is 2.15. The first kappa shape index (κ1) is 13.1. The third kappa shape index (κ3) is 4.40. The Kier molecular flexibility index (Phi) is 6.17. The molecular weight excluding hydrogens is 180 g/mol. The van der Waals surface area contributed by atoms with Crippen molar-refractivity contribution < 1.29 is 14.3 Å². The Morgan fingerprint density at radius 3 is 2.21 bits per heavy atom. The van der Waals surface area contributed by atoms with Gasteiger partial charge in [-0.25, -0.2) is 0 Å². The Morgan fingerprint density at radius 1 is 1.29 bits per heavy atom. The molecule has 0 heterocycles. The molecule has 0 aliphatic heterocycles. The highest BCUT2D eigenvalue weighted by molar-refractivity contribution is 5.98. The van der Waals surface area contributed by atoms with Crippen molar-refractivity contribution in [2.75, 3.05) is 7.11 Å². The molecule has 0 radical (unpaired) electrons. The van der Waals surface area contributed by atoms with E-state index in [2.05, 4.69) is 18.6 Å². The molecule has 3 nitrogen and oxygen atoms in total. The van der Waals surface area contributed by atoms with Crippen LogP contribution in [0.4, 0.5) is 0 Å².